The van der Waals surface area contributed by atoms with Gasteiger partial charge in [0.05, 0.1) is 19.7 Å². The number of rotatable bonds is 5. The van der Waals surface area contributed by atoms with Crippen LogP contribution in [-0.2, 0) is 17.8 Å². The van der Waals surface area contributed by atoms with Gasteiger partial charge in [-0.2, -0.15) is 5.10 Å². The van der Waals surface area contributed by atoms with Crippen molar-refractivity contribution in [1.29, 1.82) is 0 Å². The average molecular weight is 332 g/mol. The molecule has 0 aliphatic carbocycles. The van der Waals surface area contributed by atoms with Gasteiger partial charge in [0.25, 0.3) is 0 Å². The molecule has 3 heterocycles. The van der Waals surface area contributed by atoms with Crippen LogP contribution in [0.5, 0.6) is 0 Å². The first kappa shape index (κ1) is 16.7. The van der Waals surface area contributed by atoms with Crippen molar-refractivity contribution >= 4 is 5.97 Å². The Morgan fingerprint density at radius 1 is 1.54 bits per heavy atom. The molecule has 1 N–H and O–H groups in total. The minimum Gasteiger partial charge on any atom is -0.465 e. The zero-order chi connectivity index (χ0) is 17.3. The predicted octanol–water partition coefficient (Wildman–Crippen LogP) is 2.71. The zero-order valence-corrected chi connectivity index (χ0v) is 14.6. The molecule has 1 aliphatic rings. The first-order valence-electron chi connectivity index (χ1n) is 8.35. The highest BCUT2D eigenvalue weighted by Gasteiger charge is 2.25. The second-order valence-corrected chi connectivity index (χ2v) is 6.46. The van der Waals surface area contributed by atoms with E-state index in [0.717, 1.165) is 31.0 Å². The lowest BCUT2D eigenvalue weighted by atomic mass is 10.1. The molecule has 0 spiro atoms. The van der Waals surface area contributed by atoms with Gasteiger partial charge in [-0.3, -0.25) is 0 Å². The van der Waals surface area contributed by atoms with Crippen molar-refractivity contribution in [2.45, 2.75) is 58.7 Å². The largest absolute Gasteiger partial charge is 0.465 e. The molecule has 130 valence electrons. The van der Waals surface area contributed by atoms with Gasteiger partial charge in [-0.15, -0.1) is 0 Å². The molecule has 1 atom stereocenters. The molecule has 0 bridgehead atoms. The average Bonchev–Trinajstić information content (AvgIpc) is 3.16. The van der Waals surface area contributed by atoms with Crippen LogP contribution in [0.3, 0.4) is 0 Å². The van der Waals surface area contributed by atoms with Gasteiger partial charge in [0.15, 0.2) is 5.82 Å². The molecule has 24 heavy (non-hydrogen) atoms. The molecule has 0 fully saturated rings. The van der Waals surface area contributed by atoms with Crippen molar-refractivity contribution in [3.05, 3.63) is 34.8 Å². The van der Waals surface area contributed by atoms with Crippen molar-refractivity contribution in [1.82, 2.24) is 20.1 Å². The SMILES string of the molecule is COC(=O)c1cc(CN[C@@H]2CCCn3nc(C(C)C)nc32)oc1C. The van der Waals surface area contributed by atoms with E-state index >= 15 is 0 Å². The number of ether oxygens (including phenoxy) is 1. The van der Waals surface area contributed by atoms with Crippen LogP contribution in [0.1, 0.15) is 72.2 Å². The van der Waals surface area contributed by atoms with Crippen molar-refractivity contribution < 1.29 is 13.9 Å². The topological polar surface area (TPSA) is 82.2 Å². The fraction of sp³-hybridized carbons (Fsp3) is 0.588. The summed E-state index contributed by atoms with van der Waals surface area (Å²) in [5.41, 5.74) is 0.475. The van der Waals surface area contributed by atoms with Gasteiger partial charge < -0.3 is 14.5 Å². The minimum absolute atomic E-state index is 0.144. The van der Waals surface area contributed by atoms with Crippen LogP contribution in [0.4, 0.5) is 0 Å². The number of aryl methyl sites for hydroxylation is 2. The monoisotopic (exact) mass is 332 g/mol. The number of aromatic nitrogens is 3. The van der Waals surface area contributed by atoms with Crippen LogP contribution in [0.15, 0.2) is 10.5 Å². The van der Waals surface area contributed by atoms with E-state index in [1.807, 2.05) is 4.68 Å². The van der Waals surface area contributed by atoms with E-state index in [9.17, 15) is 4.79 Å². The highest BCUT2D eigenvalue weighted by molar-refractivity contribution is 5.90. The Bertz CT molecular complexity index is 732. The normalized spacial score (nSPS) is 17.1. The van der Waals surface area contributed by atoms with E-state index in [2.05, 4.69) is 24.3 Å². The minimum atomic E-state index is -0.374. The van der Waals surface area contributed by atoms with Crippen LogP contribution in [0, 0.1) is 6.92 Å². The van der Waals surface area contributed by atoms with Crippen LogP contribution in [-0.4, -0.2) is 27.8 Å². The van der Waals surface area contributed by atoms with Gasteiger partial charge in [0, 0.05) is 12.5 Å². The standard InChI is InChI=1S/C17H24N4O3/c1-10(2)15-19-16-14(6-5-7-21(16)20-15)18-9-12-8-13(11(3)24-12)17(22)23-4/h8,10,14,18H,5-7,9H2,1-4H3/t14-/m1/s1. The lowest BCUT2D eigenvalue weighted by Gasteiger charge is -2.22. The highest BCUT2D eigenvalue weighted by Crippen LogP contribution is 2.25. The van der Waals surface area contributed by atoms with Crippen LogP contribution >= 0.6 is 0 Å². The molecule has 0 saturated carbocycles. The van der Waals surface area contributed by atoms with E-state index in [1.165, 1.54) is 7.11 Å². The number of hydrogen-bond acceptors (Lipinski definition) is 6. The van der Waals surface area contributed by atoms with Crippen molar-refractivity contribution in [2.24, 2.45) is 0 Å². The Morgan fingerprint density at radius 3 is 3.04 bits per heavy atom. The number of nitrogens with zero attached hydrogens (tertiary/aromatic N) is 3. The Labute approximate surface area is 141 Å². The summed E-state index contributed by atoms with van der Waals surface area (Å²) in [4.78, 5) is 16.4. The molecule has 7 heteroatoms. The third kappa shape index (κ3) is 3.21. The van der Waals surface area contributed by atoms with Crippen LogP contribution in [0.25, 0.3) is 0 Å². The summed E-state index contributed by atoms with van der Waals surface area (Å²) in [6, 6.07) is 1.88. The molecule has 2 aromatic rings. The summed E-state index contributed by atoms with van der Waals surface area (Å²) in [6.07, 6.45) is 2.08. The number of fused-ring (bicyclic) bond motifs is 1. The Morgan fingerprint density at radius 2 is 2.33 bits per heavy atom. The molecule has 7 nitrogen and oxygen atoms in total. The smallest absolute Gasteiger partial charge is 0.341 e. The van der Waals surface area contributed by atoms with Gasteiger partial charge in [-0.25, -0.2) is 14.5 Å². The lowest BCUT2D eigenvalue weighted by Crippen LogP contribution is -2.28. The second-order valence-electron chi connectivity index (χ2n) is 6.46. The molecule has 0 amide bonds. The van der Waals surface area contributed by atoms with Crippen molar-refractivity contribution in [3.8, 4) is 0 Å². The van der Waals surface area contributed by atoms with E-state index in [-0.39, 0.29) is 12.0 Å². The summed E-state index contributed by atoms with van der Waals surface area (Å²) in [6.45, 7) is 7.42. The van der Waals surface area contributed by atoms with Gasteiger partial charge >= 0.3 is 5.97 Å². The van der Waals surface area contributed by atoms with E-state index in [1.54, 1.807) is 13.0 Å². The molecule has 0 radical (unpaired) electrons. The van der Waals surface area contributed by atoms with Crippen LogP contribution < -0.4 is 5.32 Å². The molecular weight excluding hydrogens is 308 g/mol. The van der Waals surface area contributed by atoms with Crippen molar-refractivity contribution in [3.63, 3.8) is 0 Å². The number of hydrogen-bond donors (Lipinski definition) is 1. The quantitative estimate of drug-likeness (QED) is 0.848. The fourth-order valence-electron chi connectivity index (χ4n) is 2.97. The van der Waals surface area contributed by atoms with E-state index in [4.69, 9.17) is 14.1 Å². The third-order valence-electron chi connectivity index (χ3n) is 4.30. The van der Waals surface area contributed by atoms with E-state index < -0.39 is 0 Å². The maximum atomic E-state index is 11.7. The number of methoxy groups -OCH3 is 1. The molecule has 0 saturated heterocycles. The maximum Gasteiger partial charge on any atom is 0.341 e. The highest BCUT2D eigenvalue weighted by atomic mass is 16.5. The number of nitrogens with one attached hydrogen (secondary N) is 1. The fourth-order valence-corrected chi connectivity index (χ4v) is 2.97. The van der Waals surface area contributed by atoms with Gasteiger partial charge in [0.2, 0.25) is 0 Å². The van der Waals surface area contributed by atoms with Gasteiger partial charge in [-0.1, -0.05) is 13.8 Å². The van der Waals surface area contributed by atoms with Crippen LogP contribution in [0.2, 0.25) is 0 Å². The third-order valence-corrected chi connectivity index (χ3v) is 4.30. The van der Waals surface area contributed by atoms with Gasteiger partial charge in [0.1, 0.15) is 22.9 Å². The molecule has 3 rings (SSSR count). The van der Waals surface area contributed by atoms with Gasteiger partial charge in [-0.05, 0) is 25.8 Å². The Kier molecular flexibility index (Phi) is 4.71. The first-order chi connectivity index (χ1) is 11.5. The molecule has 1 aliphatic heterocycles. The predicted molar refractivity (Wildman–Crippen MR) is 87.7 cm³/mol. The lowest BCUT2D eigenvalue weighted by molar-refractivity contribution is 0.0599. The maximum absolute atomic E-state index is 11.7. The first-order valence-corrected chi connectivity index (χ1v) is 8.35. The molecule has 0 aromatic carbocycles. The summed E-state index contributed by atoms with van der Waals surface area (Å²) < 4.78 is 12.4. The number of carbonyl (C=O) groups is 1. The van der Waals surface area contributed by atoms with E-state index in [0.29, 0.717) is 29.5 Å². The number of esters is 1. The van der Waals surface area contributed by atoms with Crippen molar-refractivity contribution in [2.75, 3.05) is 7.11 Å². The Balaban J connectivity index is 1.71. The summed E-state index contributed by atoms with van der Waals surface area (Å²) in [7, 11) is 1.37. The number of furan rings is 1. The molecular formula is C17H24N4O3. The molecule has 2 aromatic heterocycles. The second kappa shape index (κ2) is 6.76. The molecule has 0 unspecified atom stereocenters. The summed E-state index contributed by atoms with van der Waals surface area (Å²) in [5.74, 6) is 3.11. The zero-order valence-electron chi connectivity index (χ0n) is 14.6. The summed E-state index contributed by atoms with van der Waals surface area (Å²) >= 11 is 0. The number of carbonyl (C=O) groups excluding carboxylic acids is 1. The Hall–Kier alpha value is -2.15. The summed E-state index contributed by atoms with van der Waals surface area (Å²) in [5, 5.41) is 8.06.